The van der Waals surface area contributed by atoms with Crippen molar-refractivity contribution in [1.82, 2.24) is 15.0 Å². The van der Waals surface area contributed by atoms with Gasteiger partial charge in [-0.05, 0) is 51.1 Å². The Morgan fingerprint density at radius 2 is 1.70 bits per heavy atom. The average Bonchev–Trinajstić information content (AvgIpc) is 3.32. The number of carbonyl (C=O) groups excluding carboxylic acids is 2. The number of carbonyl (C=O) groups is 2. The van der Waals surface area contributed by atoms with Crippen LogP contribution in [0, 0.1) is 5.41 Å². The molecule has 0 fully saturated rings. The standard InChI is InChI=1S/C30H33N3O6S/c1-7-38-28(35)30(5,6)39-24-14-13-19(15-20(24)18-40(36,37)21-11-9-8-10-12-21)23-17-32-27-25(33-23)22(16-31-27)26(34)29(2,3)4/h8-17H,7,18H2,1-6H3,(H,31,32). The third-order valence-electron chi connectivity index (χ3n) is 6.24. The molecule has 2 aromatic carbocycles. The van der Waals surface area contributed by atoms with Gasteiger partial charge in [-0.1, -0.05) is 39.0 Å². The van der Waals surface area contributed by atoms with E-state index in [1.54, 1.807) is 69.6 Å². The summed E-state index contributed by atoms with van der Waals surface area (Å²) in [5.74, 6) is -0.812. The van der Waals surface area contributed by atoms with Crippen LogP contribution in [0.3, 0.4) is 0 Å². The Labute approximate surface area is 233 Å². The Kier molecular flexibility index (Phi) is 7.85. The van der Waals surface area contributed by atoms with Gasteiger partial charge in [-0.25, -0.2) is 23.2 Å². The normalized spacial score (nSPS) is 12.3. The minimum atomic E-state index is -3.76. The molecular weight excluding hydrogens is 530 g/mol. The molecule has 9 nitrogen and oxygen atoms in total. The number of ether oxygens (including phenoxy) is 2. The van der Waals surface area contributed by atoms with Crippen LogP contribution >= 0.6 is 0 Å². The molecule has 2 aromatic heterocycles. The first-order chi connectivity index (χ1) is 18.7. The van der Waals surface area contributed by atoms with Crippen molar-refractivity contribution >= 4 is 32.8 Å². The molecule has 0 saturated carbocycles. The Hall–Kier alpha value is -4.05. The fraction of sp³-hybridized carbons (Fsp3) is 0.333. The van der Waals surface area contributed by atoms with E-state index < -0.39 is 26.8 Å². The topological polar surface area (TPSA) is 128 Å². The van der Waals surface area contributed by atoms with E-state index in [0.29, 0.717) is 33.5 Å². The molecule has 0 saturated heterocycles. The smallest absolute Gasteiger partial charge is 0.349 e. The highest BCUT2D eigenvalue weighted by Crippen LogP contribution is 2.33. The van der Waals surface area contributed by atoms with Crippen molar-refractivity contribution in [3.8, 4) is 17.0 Å². The Morgan fingerprint density at radius 1 is 1.00 bits per heavy atom. The highest BCUT2D eigenvalue weighted by atomic mass is 32.2. The Balaban J connectivity index is 1.81. The number of sulfone groups is 1. The van der Waals surface area contributed by atoms with E-state index in [1.807, 2.05) is 20.8 Å². The first kappa shape index (κ1) is 28.9. The lowest BCUT2D eigenvalue weighted by Gasteiger charge is -2.26. The summed E-state index contributed by atoms with van der Waals surface area (Å²) in [4.78, 5) is 37.8. The van der Waals surface area contributed by atoms with E-state index in [0.717, 1.165) is 0 Å². The molecular formula is C30H33N3O6S. The number of nitrogens with one attached hydrogen (secondary N) is 1. The van der Waals surface area contributed by atoms with Crippen LogP contribution in [0.15, 0.2) is 65.8 Å². The molecule has 40 heavy (non-hydrogen) atoms. The van der Waals surface area contributed by atoms with Crippen LogP contribution in [0.1, 0.15) is 57.5 Å². The number of ketones is 1. The summed E-state index contributed by atoms with van der Waals surface area (Å²) < 4.78 is 37.9. The number of hydrogen-bond donors (Lipinski definition) is 1. The largest absolute Gasteiger partial charge is 0.476 e. The van der Waals surface area contributed by atoms with Crippen LogP contribution in [0.5, 0.6) is 5.75 Å². The van der Waals surface area contributed by atoms with Gasteiger partial charge < -0.3 is 14.5 Å². The van der Waals surface area contributed by atoms with Crippen LogP contribution in [0.4, 0.5) is 0 Å². The molecule has 0 spiro atoms. The lowest BCUT2D eigenvalue weighted by atomic mass is 9.87. The molecule has 0 amide bonds. The molecule has 0 bridgehead atoms. The lowest BCUT2D eigenvalue weighted by molar-refractivity contribution is -0.158. The summed E-state index contributed by atoms with van der Waals surface area (Å²) in [5, 5.41) is 0. The van der Waals surface area contributed by atoms with Crippen LogP contribution in [-0.4, -0.2) is 47.3 Å². The van der Waals surface area contributed by atoms with E-state index in [-0.39, 0.29) is 28.8 Å². The van der Waals surface area contributed by atoms with Gasteiger partial charge in [0.1, 0.15) is 11.3 Å². The zero-order chi connectivity index (χ0) is 29.3. The molecule has 1 N–H and O–H groups in total. The predicted octanol–water partition coefficient (Wildman–Crippen LogP) is 5.55. The molecule has 0 radical (unpaired) electrons. The molecule has 0 aliphatic carbocycles. The first-order valence-electron chi connectivity index (χ1n) is 12.9. The summed E-state index contributed by atoms with van der Waals surface area (Å²) in [6.07, 6.45) is 3.16. The van der Waals surface area contributed by atoms with Gasteiger partial charge in [0, 0.05) is 22.7 Å². The second-order valence-corrected chi connectivity index (χ2v) is 13.0. The van der Waals surface area contributed by atoms with Crippen molar-refractivity contribution < 1.29 is 27.5 Å². The van der Waals surface area contributed by atoms with Gasteiger partial charge in [0.15, 0.2) is 26.9 Å². The number of aromatic amines is 1. The number of aromatic nitrogens is 3. The van der Waals surface area contributed by atoms with Gasteiger partial charge in [-0.15, -0.1) is 0 Å². The Bertz CT molecular complexity index is 1670. The summed E-state index contributed by atoms with van der Waals surface area (Å²) in [6, 6.07) is 13.1. The van der Waals surface area contributed by atoms with Crippen molar-refractivity contribution in [2.45, 2.75) is 57.8 Å². The SMILES string of the molecule is CCOC(=O)C(C)(C)Oc1ccc(-c2cnc3[nH]cc(C(=O)C(C)(C)C)c3n2)cc1CS(=O)(=O)c1ccccc1. The van der Waals surface area contributed by atoms with Crippen LogP contribution in [0.25, 0.3) is 22.4 Å². The van der Waals surface area contributed by atoms with Crippen LogP contribution in [0.2, 0.25) is 0 Å². The quantitative estimate of drug-likeness (QED) is 0.207. The molecule has 4 aromatic rings. The van der Waals surface area contributed by atoms with Gasteiger partial charge >= 0.3 is 5.97 Å². The van der Waals surface area contributed by atoms with Gasteiger partial charge in [0.2, 0.25) is 0 Å². The fourth-order valence-corrected chi connectivity index (χ4v) is 5.47. The maximum absolute atomic E-state index is 13.3. The number of hydrogen-bond acceptors (Lipinski definition) is 8. The zero-order valence-corrected chi connectivity index (χ0v) is 24.3. The molecule has 0 aliphatic heterocycles. The van der Waals surface area contributed by atoms with Crippen LogP contribution in [-0.2, 0) is 25.1 Å². The molecule has 210 valence electrons. The molecule has 2 heterocycles. The second kappa shape index (κ2) is 10.8. The minimum Gasteiger partial charge on any atom is -0.476 e. The number of esters is 1. The zero-order valence-electron chi connectivity index (χ0n) is 23.4. The summed E-state index contributed by atoms with van der Waals surface area (Å²) in [6.45, 7) is 10.5. The number of Topliss-reactive ketones (excluding diaryl/α,β-unsaturated/α-hetero) is 1. The maximum atomic E-state index is 13.3. The van der Waals surface area contributed by atoms with E-state index in [2.05, 4.69) is 9.97 Å². The highest BCUT2D eigenvalue weighted by Gasteiger charge is 2.33. The average molecular weight is 564 g/mol. The highest BCUT2D eigenvalue weighted by molar-refractivity contribution is 7.90. The third kappa shape index (κ3) is 6.07. The third-order valence-corrected chi connectivity index (χ3v) is 7.92. The molecule has 0 atom stereocenters. The monoisotopic (exact) mass is 563 g/mol. The Morgan fingerprint density at radius 3 is 2.35 bits per heavy atom. The van der Waals surface area contributed by atoms with E-state index in [9.17, 15) is 18.0 Å². The van der Waals surface area contributed by atoms with Crippen molar-refractivity contribution in [1.29, 1.82) is 0 Å². The second-order valence-electron chi connectivity index (χ2n) is 11.0. The number of H-pyrrole nitrogens is 1. The van der Waals surface area contributed by atoms with Crippen molar-refractivity contribution in [3.05, 3.63) is 72.1 Å². The van der Waals surface area contributed by atoms with Gasteiger partial charge in [0.05, 0.1) is 34.7 Å². The van der Waals surface area contributed by atoms with E-state index in [1.165, 1.54) is 12.1 Å². The van der Waals surface area contributed by atoms with Gasteiger partial charge in [0.25, 0.3) is 0 Å². The molecule has 4 rings (SSSR count). The lowest BCUT2D eigenvalue weighted by Crippen LogP contribution is -2.40. The summed E-state index contributed by atoms with van der Waals surface area (Å²) in [5.41, 5.74) is 0.708. The van der Waals surface area contributed by atoms with Gasteiger partial charge in [-0.3, -0.25) is 4.79 Å². The number of fused-ring (bicyclic) bond motifs is 1. The number of benzene rings is 2. The van der Waals surface area contributed by atoms with E-state index >= 15 is 0 Å². The summed E-state index contributed by atoms with van der Waals surface area (Å²) >= 11 is 0. The fourth-order valence-electron chi connectivity index (χ4n) is 4.10. The molecule has 10 heteroatoms. The number of nitrogens with zero attached hydrogens (tertiary/aromatic N) is 2. The van der Waals surface area contributed by atoms with Crippen molar-refractivity contribution in [2.75, 3.05) is 6.61 Å². The first-order valence-corrected chi connectivity index (χ1v) is 14.5. The molecule has 0 aliphatic rings. The minimum absolute atomic E-state index is 0.0789. The van der Waals surface area contributed by atoms with Crippen molar-refractivity contribution in [3.63, 3.8) is 0 Å². The summed E-state index contributed by atoms with van der Waals surface area (Å²) in [7, 11) is -3.76. The predicted molar refractivity (Wildman–Crippen MR) is 152 cm³/mol. The van der Waals surface area contributed by atoms with Gasteiger partial charge in [-0.2, -0.15) is 0 Å². The molecule has 0 unspecified atom stereocenters. The van der Waals surface area contributed by atoms with E-state index in [4.69, 9.17) is 14.5 Å². The maximum Gasteiger partial charge on any atom is 0.349 e. The number of rotatable bonds is 9. The van der Waals surface area contributed by atoms with Crippen molar-refractivity contribution in [2.24, 2.45) is 5.41 Å². The van der Waals surface area contributed by atoms with Crippen LogP contribution < -0.4 is 4.74 Å².